The molecule has 29 heavy (non-hydrogen) atoms. The molecule has 6 heteroatoms. The van der Waals surface area contributed by atoms with Gasteiger partial charge in [-0.25, -0.2) is 9.97 Å². The number of carbonyl (C=O) groups excluding carboxylic acids is 1. The molecule has 3 N–H and O–H groups in total. The van der Waals surface area contributed by atoms with E-state index in [4.69, 9.17) is 0 Å². The summed E-state index contributed by atoms with van der Waals surface area (Å²) >= 11 is 0. The number of hydrogen-bond donors (Lipinski definition) is 3. The number of carbonyl (C=O) groups is 1. The van der Waals surface area contributed by atoms with E-state index in [-0.39, 0.29) is 5.91 Å². The maximum atomic E-state index is 12.5. The molecule has 1 amide bonds. The number of fused-ring (bicyclic) bond motifs is 1. The van der Waals surface area contributed by atoms with Gasteiger partial charge in [0.2, 0.25) is 0 Å². The Hall–Kier alpha value is -3.67. The Morgan fingerprint density at radius 2 is 1.86 bits per heavy atom. The molecule has 0 atom stereocenters. The van der Waals surface area contributed by atoms with Gasteiger partial charge in [0.15, 0.2) is 0 Å². The minimum Gasteiger partial charge on any atom is -0.370 e. The number of benzene rings is 2. The Balaban J connectivity index is 1.34. The summed E-state index contributed by atoms with van der Waals surface area (Å²) in [4.78, 5) is 24.1. The van der Waals surface area contributed by atoms with Crippen LogP contribution in [0.25, 0.3) is 10.9 Å². The fraction of sp³-hybridized carbons (Fsp3) is 0.174. The number of H-pyrrole nitrogens is 1. The van der Waals surface area contributed by atoms with Gasteiger partial charge < -0.3 is 15.6 Å². The zero-order valence-corrected chi connectivity index (χ0v) is 16.3. The van der Waals surface area contributed by atoms with Crippen LogP contribution in [0.5, 0.6) is 0 Å². The summed E-state index contributed by atoms with van der Waals surface area (Å²) in [5, 5.41) is 7.43. The van der Waals surface area contributed by atoms with Crippen molar-refractivity contribution < 1.29 is 4.79 Å². The molecule has 146 valence electrons. The molecule has 0 radical (unpaired) electrons. The summed E-state index contributed by atoms with van der Waals surface area (Å²) < 4.78 is 0. The van der Waals surface area contributed by atoms with Crippen LogP contribution in [-0.4, -0.2) is 27.4 Å². The number of amides is 1. The number of nitrogens with zero attached hydrogens (tertiary/aromatic N) is 2. The van der Waals surface area contributed by atoms with Crippen molar-refractivity contribution in [3.63, 3.8) is 0 Å². The number of aromatic nitrogens is 3. The number of aromatic amines is 1. The van der Waals surface area contributed by atoms with Gasteiger partial charge in [-0.1, -0.05) is 42.5 Å². The molecule has 0 aliphatic heterocycles. The summed E-state index contributed by atoms with van der Waals surface area (Å²) in [6, 6.07) is 17.9. The number of rotatable bonds is 7. The second-order valence-corrected chi connectivity index (χ2v) is 6.93. The van der Waals surface area contributed by atoms with E-state index in [1.165, 1.54) is 17.3 Å². The molecule has 0 aliphatic rings. The highest BCUT2D eigenvalue weighted by Gasteiger charge is 2.09. The molecule has 2 aromatic carbocycles. The molecule has 0 bridgehead atoms. The van der Waals surface area contributed by atoms with E-state index in [2.05, 4.69) is 37.7 Å². The minimum atomic E-state index is -0.213. The molecule has 6 nitrogen and oxygen atoms in total. The Kier molecular flexibility index (Phi) is 5.52. The molecule has 2 heterocycles. The average Bonchev–Trinajstić information content (AvgIpc) is 3.16. The maximum Gasteiger partial charge on any atom is 0.270 e. The lowest BCUT2D eigenvalue weighted by atomic mass is 10.1. The zero-order valence-electron chi connectivity index (χ0n) is 16.3. The van der Waals surface area contributed by atoms with Crippen molar-refractivity contribution in [1.82, 2.24) is 20.3 Å². The molecular weight excluding hydrogens is 362 g/mol. The van der Waals surface area contributed by atoms with Crippen molar-refractivity contribution in [1.29, 1.82) is 0 Å². The highest BCUT2D eigenvalue weighted by molar-refractivity contribution is 5.92. The van der Waals surface area contributed by atoms with Gasteiger partial charge in [-0.3, -0.25) is 4.79 Å². The molecule has 0 spiro atoms. The van der Waals surface area contributed by atoms with Crippen molar-refractivity contribution in [2.24, 2.45) is 0 Å². The highest BCUT2D eigenvalue weighted by atomic mass is 16.1. The number of aryl methyl sites for hydroxylation is 1. The van der Waals surface area contributed by atoms with Crippen LogP contribution in [0.4, 0.5) is 5.82 Å². The third-order valence-corrected chi connectivity index (χ3v) is 4.98. The van der Waals surface area contributed by atoms with Gasteiger partial charge >= 0.3 is 0 Å². The SMILES string of the molecule is Cc1ccccc1CNC(=O)c1cc(NCCc2c[nH]c3ccccc23)ncn1. The van der Waals surface area contributed by atoms with E-state index >= 15 is 0 Å². The molecule has 0 unspecified atom stereocenters. The molecule has 4 rings (SSSR count). The van der Waals surface area contributed by atoms with E-state index in [1.54, 1.807) is 6.07 Å². The molecule has 0 aliphatic carbocycles. The number of hydrogen-bond acceptors (Lipinski definition) is 4. The molecule has 0 saturated carbocycles. The fourth-order valence-corrected chi connectivity index (χ4v) is 3.32. The Morgan fingerprint density at radius 1 is 1.03 bits per heavy atom. The van der Waals surface area contributed by atoms with Crippen LogP contribution in [-0.2, 0) is 13.0 Å². The lowest BCUT2D eigenvalue weighted by Gasteiger charge is -2.09. The van der Waals surface area contributed by atoms with Crippen molar-refractivity contribution in [2.75, 3.05) is 11.9 Å². The molecule has 0 fully saturated rings. The van der Waals surface area contributed by atoms with E-state index in [1.807, 2.05) is 49.5 Å². The minimum absolute atomic E-state index is 0.213. The topological polar surface area (TPSA) is 82.7 Å². The van der Waals surface area contributed by atoms with Crippen LogP contribution >= 0.6 is 0 Å². The highest BCUT2D eigenvalue weighted by Crippen LogP contribution is 2.18. The first kappa shape index (κ1) is 18.7. The van der Waals surface area contributed by atoms with Gasteiger partial charge in [-0.15, -0.1) is 0 Å². The van der Waals surface area contributed by atoms with Crippen LogP contribution in [0.3, 0.4) is 0 Å². The number of para-hydroxylation sites is 1. The van der Waals surface area contributed by atoms with Gasteiger partial charge in [0.05, 0.1) is 0 Å². The lowest BCUT2D eigenvalue weighted by Crippen LogP contribution is -2.24. The first-order chi connectivity index (χ1) is 14.2. The van der Waals surface area contributed by atoms with E-state index in [0.717, 1.165) is 23.1 Å². The molecular formula is C23H23N5O. The van der Waals surface area contributed by atoms with Crippen LogP contribution in [0.2, 0.25) is 0 Å². The second kappa shape index (κ2) is 8.56. The normalized spacial score (nSPS) is 10.8. The van der Waals surface area contributed by atoms with Crippen molar-refractivity contribution in [3.05, 3.63) is 89.5 Å². The molecule has 2 aromatic heterocycles. The average molecular weight is 385 g/mol. The summed E-state index contributed by atoms with van der Waals surface area (Å²) in [7, 11) is 0. The standard InChI is InChI=1S/C23H23N5O/c1-16-6-2-3-7-17(16)13-26-23(29)21-12-22(28-15-27-21)24-11-10-18-14-25-20-9-5-4-8-19(18)20/h2-9,12,14-15,25H,10-11,13H2,1H3,(H,26,29)(H,24,27,28). The van der Waals surface area contributed by atoms with Crippen molar-refractivity contribution in [2.45, 2.75) is 19.9 Å². The quantitative estimate of drug-likeness (QED) is 0.451. The van der Waals surface area contributed by atoms with Crippen molar-refractivity contribution in [3.8, 4) is 0 Å². The summed E-state index contributed by atoms with van der Waals surface area (Å²) in [6.45, 7) is 3.21. The third-order valence-electron chi connectivity index (χ3n) is 4.98. The fourth-order valence-electron chi connectivity index (χ4n) is 3.32. The van der Waals surface area contributed by atoms with Crippen LogP contribution in [0.15, 0.2) is 67.1 Å². The lowest BCUT2D eigenvalue weighted by molar-refractivity contribution is 0.0945. The summed E-state index contributed by atoms with van der Waals surface area (Å²) in [5.41, 5.74) is 4.97. The molecule has 4 aromatic rings. The first-order valence-corrected chi connectivity index (χ1v) is 9.64. The first-order valence-electron chi connectivity index (χ1n) is 9.64. The monoisotopic (exact) mass is 385 g/mol. The van der Waals surface area contributed by atoms with Crippen LogP contribution in [0.1, 0.15) is 27.2 Å². The Labute approximate surface area is 169 Å². The Bertz CT molecular complexity index is 1130. The summed E-state index contributed by atoms with van der Waals surface area (Å²) in [5.74, 6) is 0.427. The van der Waals surface area contributed by atoms with E-state index in [0.29, 0.717) is 24.6 Å². The zero-order chi connectivity index (χ0) is 20.1. The van der Waals surface area contributed by atoms with Gasteiger partial charge in [-0.05, 0) is 36.1 Å². The van der Waals surface area contributed by atoms with E-state index < -0.39 is 0 Å². The smallest absolute Gasteiger partial charge is 0.270 e. The van der Waals surface area contributed by atoms with Gasteiger partial charge in [0.1, 0.15) is 17.8 Å². The largest absolute Gasteiger partial charge is 0.370 e. The van der Waals surface area contributed by atoms with Crippen molar-refractivity contribution >= 4 is 22.6 Å². The number of nitrogens with one attached hydrogen (secondary N) is 3. The van der Waals surface area contributed by atoms with Gasteiger partial charge in [0, 0.05) is 36.3 Å². The number of anilines is 1. The third kappa shape index (κ3) is 4.43. The summed E-state index contributed by atoms with van der Waals surface area (Å²) in [6.07, 6.45) is 4.30. The maximum absolute atomic E-state index is 12.5. The predicted octanol–water partition coefficient (Wildman–Crippen LogP) is 3.85. The molecule has 0 saturated heterocycles. The van der Waals surface area contributed by atoms with Gasteiger partial charge in [-0.2, -0.15) is 0 Å². The Morgan fingerprint density at radius 3 is 2.76 bits per heavy atom. The van der Waals surface area contributed by atoms with Gasteiger partial charge in [0.25, 0.3) is 5.91 Å². The van der Waals surface area contributed by atoms with Crippen LogP contribution < -0.4 is 10.6 Å². The van der Waals surface area contributed by atoms with Crippen LogP contribution in [0, 0.1) is 6.92 Å². The van der Waals surface area contributed by atoms with E-state index in [9.17, 15) is 4.79 Å². The second-order valence-electron chi connectivity index (χ2n) is 6.93. The predicted molar refractivity (Wildman–Crippen MR) is 115 cm³/mol.